The number of hydrogen-bond acceptors (Lipinski definition) is 5. The molecule has 4 rings (SSSR count). The van der Waals surface area contributed by atoms with Gasteiger partial charge in [-0.2, -0.15) is 0 Å². The molecule has 1 unspecified atom stereocenters. The molecule has 154 valence electrons. The summed E-state index contributed by atoms with van der Waals surface area (Å²) in [5.74, 6) is 0.482. The molecule has 0 bridgehead atoms. The van der Waals surface area contributed by atoms with Crippen LogP contribution in [0.4, 0.5) is 5.82 Å². The Balaban J connectivity index is 1.38. The van der Waals surface area contributed by atoms with Crippen LogP contribution in [0.5, 0.6) is 0 Å². The molecular formula is C23H24N4O3. The van der Waals surface area contributed by atoms with Crippen LogP contribution in [0, 0.1) is 0 Å². The molecule has 1 amide bonds. The Hall–Kier alpha value is -3.45. The van der Waals surface area contributed by atoms with Crippen LogP contribution in [0.3, 0.4) is 0 Å². The Labute approximate surface area is 174 Å². The Bertz CT molecular complexity index is 1060. The van der Waals surface area contributed by atoms with Crippen LogP contribution in [0.15, 0.2) is 65.6 Å². The lowest BCUT2D eigenvalue weighted by Crippen LogP contribution is -2.41. The Kier molecular flexibility index (Phi) is 5.90. The van der Waals surface area contributed by atoms with Crippen LogP contribution in [-0.4, -0.2) is 41.7 Å². The van der Waals surface area contributed by atoms with Crippen molar-refractivity contribution < 1.29 is 9.53 Å². The monoisotopic (exact) mass is 404 g/mol. The van der Waals surface area contributed by atoms with E-state index in [0.717, 1.165) is 30.0 Å². The summed E-state index contributed by atoms with van der Waals surface area (Å²) < 4.78 is 5.56. The lowest BCUT2D eigenvalue weighted by molar-refractivity contribution is 0.0529. The summed E-state index contributed by atoms with van der Waals surface area (Å²) in [7, 11) is 0. The summed E-state index contributed by atoms with van der Waals surface area (Å²) >= 11 is 0. The van der Waals surface area contributed by atoms with Crippen molar-refractivity contribution in [1.29, 1.82) is 0 Å². The molecule has 1 aliphatic heterocycles. The maximum atomic E-state index is 12.5. The van der Waals surface area contributed by atoms with Gasteiger partial charge in [0.15, 0.2) is 0 Å². The molecule has 0 spiro atoms. The smallest absolute Gasteiger partial charge is 0.261 e. The average Bonchev–Trinajstić information content (AvgIpc) is 2.78. The maximum absolute atomic E-state index is 12.5. The lowest BCUT2D eigenvalue weighted by Gasteiger charge is -2.32. The number of nitrogens with zero attached hydrogens (tertiary/aromatic N) is 2. The molecule has 1 fully saturated rings. The summed E-state index contributed by atoms with van der Waals surface area (Å²) in [6, 6.07) is 16.7. The van der Waals surface area contributed by atoms with Gasteiger partial charge in [0, 0.05) is 31.5 Å². The zero-order chi connectivity index (χ0) is 20.9. The van der Waals surface area contributed by atoms with Crippen LogP contribution in [0.25, 0.3) is 11.3 Å². The van der Waals surface area contributed by atoms with E-state index in [1.54, 1.807) is 18.3 Å². The van der Waals surface area contributed by atoms with Gasteiger partial charge in [0.25, 0.3) is 11.5 Å². The largest absolute Gasteiger partial charge is 0.375 e. The number of pyridine rings is 2. The van der Waals surface area contributed by atoms with E-state index in [-0.39, 0.29) is 11.7 Å². The molecule has 0 aliphatic carbocycles. The molecule has 3 aromatic rings. The topological polar surface area (TPSA) is 87.3 Å². The highest BCUT2D eigenvalue weighted by Gasteiger charge is 2.18. The predicted octanol–water partition coefficient (Wildman–Crippen LogP) is 2.59. The van der Waals surface area contributed by atoms with Crippen molar-refractivity contribution in [2.45, 2.75) is 19.6 Å². The van der Waals surface area contributed by atoms with Gasteiger partial charge >= 0.3 is 0 Å². The second-order valence-electron chi connectivity index (χ2n) is 7.32. The molecule has 3 heterocycles. The van der Waals surface area contributed by atoms with Gasteiger partial charge in [0.05, 0.1) is 12.7 Å². The van der Waals surface area contributed by atoms with Gasteiger partial charge in [-0.1, -0.05) is 36.4 Å². The third-order valence-corrected chi connectivity index (χ3v) is 5.07. The van der Waals surface area contributed by atoms with Crippen molar-refractivity contribution in [3.05, 3.63) is 82.3 Å². The van der Waals surface area contributed by atoms with Crippen molar-refractivity contribution in [1.82, 2.24) is 15.3 Å². The average molecular weight is 404 g/mol. The minimum Gasteiger partial charge on any atom is -0.375 e. The number of nitrogens with one attached hydrogen (secondary N) is 2. The van der Waals surface area contributed by atoms with E-state index in [1.807, 2.05) is 49.4 Å². The van der Waals surface area contributed by atoms with E-state index in [9.17, 15) is 9.59 Å². The first-order chi connectivity index (χ1) is 14.6. The van der Waals surface area contributed by atoms with Crippen LogP contribution >= 0.6 is 0 Å². The van der Waals surface area contributed by atoms with Gasteiger partial charge in [-0.3, -0.25) is 9.59 Å². The first-order valence-electron chi connectivity index (χ1n) is 9.98. The molecule has 0 saturated carbocycles. The minimum atomic E-state index is -0.415. The third-order valence-electron chi connectivity index (χ3n) is 5.07. The van der Waals surface area contributed by atoms with E-state index < -0.39 is 11.5 Å². The molecular weight excluding hydrogens is 380 g/mol. The number of carbonyl (C=O) groups excluding carboxylic acids is 1. The Morgan fingerprint density at radius 3 is 2.73 bits per heavy atom. The fourth-order valence-electron chi connectivity index (χ4n) is 3.45. The first kappa shape index (κ1) is 19.8. The summed E-state index contributed by atoms with van der Waals surface area (Å²) in [6.45, 7) is 4.66. The Morgan fingerprint density at radius 2 is 2.03 bits per heavy atom. The highest BCUT2D eigenvalue weighted by molar-refractivity contribution is 5.94. The summed E-state index contributed by atoms with van der Waals surface area (Å²) in [6.07, 6.45) is 1.93. The van der Waals surface area contributed by atoms with Crippen LogP contribution in [-0.2, 0) is 11.3 Å². The summed E-state index contributed by atoms with van der Waals surface area (Å²) in [5.41, 5.74) is 2.10. The van der Waals surface area contributed by atoms with Crippen molar-refractivity contribution in [3.8, 4) is 11.3 Å². The van der Waals surface area contributed by atoms with Gasteiger partial charge in [-0.15, -0.1) is 0 Å². The zero-order valence-corrected chi connectivity index (χ0v) is 16.8. The second kappa shape index (κ2) is 8.92. The number of morpholine rings is 1. The fourth-order valence-corrected chi connectivity index (χ4v) is 3.45. The van der Waals surface area contributed by atoms with Crippen LogP contribution in [0.2, 0.25) is 0 Å². The van der Waals surface area contributed by atoms with Gasteiger partial charge in [-0.05, 0) is 36.2 Å². The van der Waals surface area contributed by atoms with E-state index >= 15 is 0 Å². The molecule has 2 aromatic heterocycles. The molecule has 1 aromatic carbocycles. The first-order valence-corrected chi connectivity index (χ1v) is 9.98. The minimum absolute atomic E-state index is 0.0848. The number of benzene rings is 1. The van der Waals surface area contributed by atoms with Gasteiger partial charge in [0.2, 0.25) is 0 Å². The number of ether oxygens (including phenoxy) is 1. The maximum Gasteiger partial charge on any atom is 0.261 e. The number of aromatic nitrogens is 2. The molecule has 7 nitrogen and oxygen atoms in total. The van der Waals surface area contributed by atoms with Crippen LogP contribution in [0.1, 0.15) is 22.8 Å². The number of aromatic amines is 1. The number of hydrogen-bond donors (Lipinski definition) is 2. The van der Waals surface area contributed by atoms with Gasteiger partial charge in [0.1, 0.15) is 11.4 Å². The number of H-pyrrole nitrogens is 1. The van der Waals surface area contributed by atoms with Crippen molar-refractivity contribution in [2.24, 2.45) is 0 Å². The third kappa shape index (κ3) is 4.58. The van der Waals surface area contributed by atoms with E-state index in [4.69, 9.17) is 4.74 Å². The summed E-state index contributed by atoms with van der Waals surface area (Å²) in [4.78, 5) is 34.3. The molecule has 30 heavy (non-hydrogen) atoms. The van der Waals surface area contributed by atoms with Gasteiger partial charge < -0.3 is 19.9 Å². The number of amides is 1. The van der Waals surface area contributed by atoms with E-state index in [2.05, 4.69) is 20.2 Å². The van der Waals surface area contributed by atoms with Crippen molar-refractivity contribution >= 4 is 11.7 Å². The van der Waals surface area contributed by atoms with Crippen molar-refractivity contribution in [2.75, 3.05) is 24.6 Å². The SMILES string of the molecule is CC1CN(c2ccc(CNC(=O)c3ccc(-c4ccccc4)[nH]c3=O)cn2)CCO1. The lowest BCUT2D eigenvalue weighted by atomic mass is 10.1. The quantitative estimate of drug-likeness (QED) is 0.683. The molecule has 0 radical (unpaired) electrons. The second-order valence-corrected chi connectivity index (χ2v) is 7.32. The van der Waals surface area contributed by atoms with Gasteiger partial charge in [-0.25, -0.2) is 4.98 Å². The summed E-state index contributed by atoms with van der Waals surface area (Å²) in [5, 5.41) is 2.79. The highest BCUT2D eigenvalue weighted by Crippen LogP contribution is 2.16. The molecule has 1 atom stereocenters. The molecule has 2 N–H and O–H groups in total. The number of rotatable bonds is 5. The fraction of sp³-hybridized carbons (Fsp3) is 0.261. The predicted molar refractivity (Wildman–Crippen MR) is 116 cm³/mol. The molecule has 1 aliphatic rings. The standard InChI is InChI=1S/C23H24N4O3/c1-16-15-27(11-12-30-16)21-10-7-17(13-24-21)14-25-22(28)19-8-9-20(26-23(19)29)18-5-3-2-4-6-18/h2-10,13,16H,11-12,14-15H2,1H3,(H,25,28)(H,26,29). The zero-order valence-electron chi connectivity index (χ0n) is 16.8. The number of carbonyl (C=O) groups is 1. The van der Waals surface area contributed by atoms with E-state index in [0.29, 0.717) is 18.8 Å². The van der Waals surface area contributed by atoms with E-state index in [1.165, 1.54) is 0 Å². The Morgan fingerprint density at radius 1 is 1.20 bits per heavy atom. The number of anilines is 1. The van der Waals surface area contributed by atoms with Crippen molar-refractivity contribution in [3.63, 3.8) is 0 Å². The molecule has 1 saturated heterocycles. The normalized spacial score (nSPS) is 16.3. The molecule has 7 heteroatoms. The van der Waals surface area contributed by atoms with Crippen LogP contribution < -0.4 is 15.8 Å². The highest BCUT2D eigenvalue weighted by atomic mass is 16.5.